The molecule has 0 saturated heterocycles. The molecule has 4 bridgehead atoms. The van der Waals surface area contributed by atoms with Gasteiger partial charge in [0.2, 0.25) is 17.7 Å². The second kappa shape index (κ2) is 6.78. The highest BCUT2D eigenvalue weighted by molar-refractivity contribution is 5.73. The van der Waals surface area contributed by atoms with Crippen molar-refractivity contribution in [2.75, 3.05) is 19.6 Å². The number of amides is 3. The first-order valence-electron chi connectivity index (χ1n) is 10.3. The van der Waals surface area contributed by atoms with E-state index >= 15 is 0 Å². The lowest BCUT2D eigenvalue weighted by molar-refractivity contribution is -0.199. The summed E-state index contributed by atoms with van der Waals surface area (Å²) in [4.78, 5) is 35.0. The van der Waals surface area contributed by atoms with Crippen LogP contribution in [0.2, 0.25) is 0 Å². The first-order chi connectivity index (χ1) is 12.6. The number of rotatable bonds is 7. The van der Waals surface area contributed by atoms with Crippen molar-refractivity contribution in [2.45, 2.75) is 72.6 Å². The van der Waals surface area contributed by atoms with Gasteiger partial charge in [0, 0.05) is 40.4 Å². The van der Waals surface area contributed by atoms with Gasteiger partial charge >= 0.3 is 0 Å². The van der Waals surface area contributed by atoms with Crippen LogP contribution in [0.1, 0.15) is 72.6 Å². The van der Waals surface area contributed by atoms with E-state index in [0.717, 1.165) is 44.9 Å². The summed E-state index contributed by atoms with van der Waals surface area (Å²) in [5.74, 6) is 0.0503. The van der Waals surface area contributed by atoms with Crippen molar-refractivity contribution in [1.29, 1.82) is 0 Å². The van der Waals surface area contributed by atoms with Crippen LogP contribution in [0.4, 0.5) is 0 Å². The third kappa shape index (κ3) is 3.99. The Hall–Kier alpha value is -1.59. The zero-order valence-corrected chi connectivity index (χ0v) is 17.3. The number of carbonyl (C=O) groups excluding carboxylic acids is 3. The van der Waals surface area contributed by atoms with Crippen molar-refractivity contribution < 1.29 is 14.4 Å². The second-order valence-electron chi connectivity index (χ2n) is 10.1. The smallest absolute Gasteiger partial charge is 0.216 e. The predicted molar refractivity (Wildman–Crippen MR) is 104 cm³/mol. The van der Waals surface area contributed by atoms with E-state index in [-0.39, 0.29) is 39.4 Å². The van der Waals surface area contributed by atoms with Gasteiger partial charge in [0.25, 0.3) is 0 Å². The summed E-state index contributed by atoms with van der Waals surface area (Å²) in [5, 5.41) is 9.28. The van der Waals surface area contributed by atoms with Crippen LogP contribution in [0.5, 0.6) is 0 Å². The molecule has 4 aliphatic rings. The van der Waals surface area contributed by atoms with Gasteiger partial charge in [0.15, 0.2) is 0 Å². The van der Waals surface area contributed by atoms with Crippen LogP contribution in [0.15, 0.2) is 0 Å². The van der Waals surface area contributed by atoms with Crippen molar-refractivity contribution in [2.24, 2.45) is 21.7 Å². The van der Waals surface area contributed by atoms with Crippen LogP contribution in [0.25, 0.3) is 0 Å². The Morgan fingerprint density at radius 2 is 0.852 bits per heavy atom. The molecule has 27 heavy (non-hydrogen) atoms. The Kier molecular flexibility index (Phi) is 5.06. The summed E-state index contributed by atoms with van der Waals surface area (Å²) >= 11 is 0. The van der Waals surface area contributed by atoms with Crippen LogP contribution in [-0.4, -0.2) is 37.4 Å². The molecule has 4 rings (SSSR count). The van der Waals surface area contributed by atoms with E-state index in [2.05, 4.69) is 22.9 Å². The molecule has 0 heterocycles. The molecule has 0 spiro atoms. The molecule has 0 unspecified atom stereocenters. The number of hydrogen-bond donors (Lipinski definition) is 3. The predicted octanol–water partition coefficient (Wildman–Crippen LogP) is 2.13. The molecule has 3 amide bonds. The average Bonchev–Trinajstić information content (AvgIpc) is 2.56. The third-order valence-electron chi connectivity index (χ3n) is 7.39. The molecule has 0 aromatic rings. The normalized spacial score (nSPS) is 39.1. The highest BCUT2D eigenvalue weighted by Crippen LogP contribution is 2.74. The zero-order chi connectivity index (χ0) is 19.9. The number of nitrogens with one attached hydrogen (secondary N) is 3. The van der Waals surface area contributed by atoms with Crippen LogP contribution in [-0.2, 0) is 14.4 Å². The van der Waals surface area contributed by atoms with Gasteiger partial charge in [-0.2, -0.15) is 0 Å². The Morgan fingerprint density at radius 1 is 0.593 bits per heavy atom. The highest BCUT2D eigenvalue weighted by Gasteiger charge is 2.67. The van der Waals surface area contributed by atoms with Crippen LogP contribution >= 0.6 is 0 Å². The lowest BCUT2D eigenvalue weighted by Crippen LogP contribution is -2.67. The first-order valence-corrected chi connectivity index (χ1v) is 10.3. The van der Waals surface area contributed by atoms with Gasteiger partial charge in [-0.05, 0) is 60.2 Å². The Bertz CT molecular complexity index is 553. The third-order valence-corrected chi connectivity index (χ3v) is 7.39. The summed E-state index contributed by atoms with van der Waals surface area (Å²) in [6.45, 7) is 9.12. The molecule has 0 radical (unpaired) electrons. The molecule has 4 aliphatic carbocycles. The summed E-state index contributed by atoms with van der Waals surface area (Å²) in [7, 11) is 0. The lowest BCUT2D eigenvalue weighted by Gasteiger charge is -2.71. The van der Waals surface area contributed by atoms with E-state index in [4.69, 9.17) is 0 Å². The van der Waals surface area contributed by atoms with Gasteiger partial charge in [-0.3, -0.25) is 14.4 Å². The summed E-state index contributed by atoms with van der Waals surface area (Å²) in [6.07, 6.45) is 7.66. The summed E-state index contributed by atoms with van der Waals surface area (Å²) in [5.41, 5.74) is 0.429. The largest absolute Gasteiger partial charge is 0.356 e. The van der Waals surface area contributed by atoms with E-state index in [9.17, 15) is 14.4 Å². The molecule has 0 atom stereocenters. The molecule has 6 heteroatoms. The SMILES string of the molecule is CCC12CC3(CNC(C)=O)CC(CNC(C)=O)(C1)CC(CNC(C)=O)(C2)C3. The maximum Gasteiger partial charge on any atom is 0.216 e. The van der Waals surface area contributed by atoms with E-state index < -0.39 is 0 Å². The summed E-state index contributed by atoms with van der Waals surface area (Å²) in [6, 6.07) is 0. The van der Waals surface area contributed by atoms with Crippen molar-refractivity contribution in [3.8, 4) is 0 Å². The van der Waals surface area contributed by atoms with Gasteiger partial charge in [0.05, 0.1) is 0 Å². The molecule has 4 fully saturated rings. The monoisotopic (exact) mass is 377 g/mol. The zero-order valence-electron chi connectivity index (χ0n) is 17.3. The molecule has 4 saturated carbocycles. The van der Waals surface area contributed by atoms with Crippen LogP contribution in [0.3, 0.4) is 0 Å². The van der Waals surface area contributed by atoms with E-state index in [1.807, 2.05) is 0 Å². The van der Waals surface area contributed by atoms with Crippen molar-refractivity contribution in [1.82, 2.24) is 16.0 Å². The van der Waals surface area contributed by atoms with Gasteiger partial charge in [-0.1, -0.05) is 13.3 Å². The fourth-order valence-corrected chi connectivity index (χ4v) is 7.40. The second-order valence-corrected chi connectivity index (χ2v) is 10.1. The fourth-order valence-electron chi connectivity index (χ4n) is 7.40. The Balaban J connectivity index is 1.95. The molecule has 6 nitrogen and oxygen atoms in total. The quantitative estimate of drug-likeness (QED) is 0.635. The van der Waals surface area contributed by atoms with Gasteiger partial charge in [-0.15, -0.1) is 0 Å². The van der Waals surface area contributed by atoms with Crippen molar-refractivity contribution in [3.63, 3.8) is 0 Å². The maximum atomic E-state index is 11.7. The fraction of sp³-hybridized carbons (Fsp3) is 0.857. The molecule has 3 N–H and O–H groups in total. The van der Waals surface area contributed by atoms with Crippen LogP contribution in [0, 0.1) is 21.7 Å². The average molecular weight is 378 g/mol. The van der Waals surface area contributed by atoms with Gasteiger partial charge < -0.3 is 16.0 Å². The van der Waals surface area contributed by atoms with Crippen molar-refractivity contribution in [3.05, 3.63) is 0 Å². The standard InChI is InChI=1S/C21H35N3O3/c1-5-18-6-19(12-22-15(2)25)9-20(7-18,13-23-16(3)26)11-21(8-18,10-19)14-24-17(4)27/h5-14H2,1-4H3,(H,22,25)(H,23,26)(H,24,27). The molecule has 152 valence electrons. The van der Waals surface area contributed by atoms with Crippen LogP contribution < -0.4 is 16.0 Å². The van der Waals surface area contributed by atoms with Gasteiger partial charge in [-0.25, -0.2) is 0 Å². The first kappa shape index (κ1) is 20.2. The molecule has 0 aromatic carbocycles. The minimum Gasteiger partial charge on any atom is -0.356 e. The summed E-state index contributed by atoms with van der Waals surface area (Å²) < 4.78 is 0. The molecule has 0 aromatic heterocycles. The lowest BCUT2D eigenvalue weighted by atomic mass is 9.35. The number of hydrogen-bond acceptors (Lipinski definition) is 3. The molecular weight excluding hydrogens is 342 g/mol. The number of carbonyl (C=O) groups is 3. The van der Waals surface area contributed by atoms with Gasteiger partial charge in [0.1, 0.15) is 0 Å². The maximum absolute atomic E-state index is 11.7. The minimum atomic E-state index is 0.0168. The molecule has 0 aliphatic heterocycles. The Morgan fingerprint density at radius 3 is 1.07 bits per heavy atom. The molecular formula is C21H35N3O3. The van der Waals surface area contributed by atoms with Crippen molar-refractivity contribution >= 4 is 17.7 Å². The highest BCUT2D eigenvalue weighted by atomic mass is 16.2. The van der Waals surface area contributed by atoms with E-state index in [1.54, 1.807) is 20.8 Å². The van der Waals surface area contributed by atoms with E-state index in [1.165, 1.54) is 0 Å². The topological polar surface area (TPSA) is 87.3 Å². The van der Waals surface area contributed by atoms with E-state index in [0.29, 0.717) is 19.6 Å². The minimum absolute atomic E-state index is 0.0168. The Labute approximate surface area is 162 Å².